The van der Waals surface area contributed by atoms with Crippen LogP contribution in [0.2, 0.25) is 0 Å². The van der Waals surface area contributed by atoms with Crippen LogP contribution >= 0.6 is 11.3 Å². The van der Waals surface area contributed by atoms with Crippen molar-refractivity contribution < 1.29 is 4.42 Å². The lowest BCUT2D eigenvalue weighted by Gasteiger charge is -2.13. The second-order valence-electron chi connectivity index (χ2n) is 15.3. The van der Waals surface area contributed by atoms with Gasteiger partial charge in [0.15, 0.2) is 0 Å². The molecule has 0 unspecified atom stereocenters. The van der Waals surface area contributed by atoms with Crippen LogP contribution in [0.5, 0.6) is 0 Å². The summed E-state index contributed by atoms with van der Waals surface area (Å²) in [4.78, 5) is 0. The van der Waals surface area contributed by atoms with E-state index in [1.54, 1.807) is 0 Å². The number of hydrogen-bond acceptors (Lipinski definition) is 2. The monoisotopic (exact) mass is 742 g/mol. The predicted molar refractivity (Wildman–Crippen MR) is 249 cm³/mol. The third kappa shape index (κ3) is 4.81. The maximum atomic E-state index is 6.47. The van der Waals surface area contributed by atoms with E-state index in [1.807, 2.05) is 11.3 Å². The van der Waals surface area contributed by atoms with Crippen LogP contribution in [-0.4, -0.2) is 0 Å². The van der Waals surface area contributed by atoms with Crippen molar-refractivity contribution in [3.05, 3.63) is 193 Å². The fraction of sp³-hybridized carbons (Fsp3) is 0.0182. The molecule has 1 nitrogen and oxygen atoms in total. The number of benzene rings is 10. The SMILES string of the molecule is C=C(/C=C\c1oc2ccc(-c3ccc4c(c3)c3ccccc3c3ccc5sc6ccccc6c5c34)cc2c1C)c1ccc2c3ccccc3c3ccccc3c2c1. The molecule has 0 saturated heterocycles. The van der Waals surface area contributed by atoms with Gasteiger partial charge in [0.25, 0.3) is 0 Å². The number of aryl methyl sites for hydroxylation is 1. The third-order valence-electron chi connectivity index (χ3n) is 12.2. The maximum absolute atomic E-state index is 6.47. The van der Waals surface area contributed by atoms with Gasteiger partial charge < -0.3 is 4.42 Å². The zero-order valence-corrected chi connectivity index (χ0v) is 32.1. The highest BCUT2D eigenvalue weighted by Crippen LogP contribution is 2.45. The Morgan fingerprint density at radius 3 is 1.67 bits per heavy atom. The van der Waals surface area contributed by atoms with Gasteiger partial charge in [-0.2, -0.15) is 0 Å². The molecule has 0 atom stereocenters. The molecule has 0 aliphatic rings. The van der Waals surface area contributed by atoms with Crippen LogP contribution in [0.15, 0.2) is 181 Å². The van der Waals surface area contributed by atoms with Gasteiger partial charge in [-0.1, -0.05) is 140 Å². The molecule has 0 N–H and O–H groups in total. The Kier molecular flexibility index (Phi) is 6.93. The largest absolute Gasteiger partial charge is 0.456 e. The van der Waals surface area contributed by atoms with Crippen LogP contribution in [0.4, 0.5) is 0 Å². The van der Waals surface area contributed by atoms with E-state index in [9.17, 15) is 0 Å². The molecule has 57 heavy (non-hydrogen) atoms. The number of rotatable bonds is 4. The van der Waals surface area contributed by atoms with Crippen molar-refractivity contribution in [2.45, 2.75) is 6.92 Å². The quantitative estimate of drug-likeness (QED) is 0.129. The van der Waals surface area contributed by atoms with E-state index in [0.29, 0.717) is 0 Å². The van der Waals surface area contributed by atoms with Crippen LogP contribution in [0.1, 0.15) is 16.9 Å². The molecule has 10 aromatic carbocycles. The highest BCUT2D eigenvalue weighted by Gasteiger charge is 2.17. The first-order valence-corrected chi connectivity index (χ1v) is 20.3. The average molecular weight is 743 g/mol. The first-order valence-electron chi connectivity index (χ1n) is 19.5. The van der Waals surface area contributed by atoms with E-state index in [4.69, 9.17) is 4.42 Å². The van der Waals surface area contributed by atoms with E-state index >= 15 is 0 Å². The summed E-state index contributed by atoms with van der Waals surface area (Å²) in [5, 5.41) is 19.2. The Balaban J connectivity index is 0.937. The summed E-state index contributed by atoms with van der Waals surface area (Å²) in [6.07, 6.45) is 4.16. The summed E-state index contributed by atoms with van der Waals surface area (Å²) in [6.45, 7) is 6.65. The van der Waals surface area contributed by atoms with Gasteiger partial charge in [0.05, 0.1) is 0 Å². The predicted octanol–water partition coefficient (Wildman–Crippen LogP) is 16.4. The molecular formula is C55H34OS. The molecule has 0 bridgehead atoms. The van der Waals surface area contributed by atoms with Crippen molar-refractivity contribution in [2.75, 3.05) is 0 Å². The van der Waals surface area contributed by atoms with Gasteiger partial charge in [-0.05, 0) is 136 Å². The van der Waals surface area contributed by atoms with Crippen LogP contribution in [0, 0.1) is 6.92 Å². The highest BCUT2D eigenvalue weighted by atomic mass is 32.1. The molecule has 2 aromatic heterocycles. The second kappa shape index (κ2) is 12.3. The molecular weight excluding hydrogens is 709 g/mol. The lowest BCUT2D eigenvalue weighted by Crippen LogP contribution is -1.86. The van der Waals surface area contributed by atoms with Gasteiger partial charge in [-0.25, -0.2) is 0 Å². The molecule has 0 saturated carbocycles. The van der Waals surface area contributed by atoms with Gasteiger partial charge >= 0.3 is 0 Å². The second-order valence-corrected chi connectivity index (χ2v) is 16.4. The molecule has 0 aliphatic carbocycles. The molecule has 0 aliphatic heterocycles. The van der Waals surface area contributed by atoms with Crippen molar-refractivity contribution >= 4 is 119 Å². The van der Waals surface area contributed by atoms with E-state index in [2.05, 4.69) is 189 Å². The number of hydrogen-bond donors (Lipinski definition) is 0. The molecule has 266 valence electrons. The summed E-state index contributed by atoms with van der Waals surface area (Å²) in [5.41, 5.74) is 6.41. The molecule has 0 spiro atoms. The lowest BCUT2D eigenvalue weighted by molar-refractivity contribution is 0.601. The fourth-order valence-corrected chi connectivity index (χ4v) is 10.5. The average Bonchev–Trinajstić information content (AvgIpc) is 3.81. The van der Waals surface area contributed by atoms with E-state index in [0.717, 1.165) is 33.4 Å². The van der Waals surface area contributed by atoms with E-state index in [-0.39, 0.29) is 0 Å². The van der Waals surface area contributed by atoms with Gasteiger partial charge in [0.1, 0.15) is 11.3 Å². The fourth-order valence-electron chi connectivity index (χ4n) is 9.40. The maximum Gasteiger partial charge on any atom is 0.135 e. The normalized spacial score (nSPS) is 12.3. The number of fused-ring (bicyclic) bond motifs is 17. The summed E-state index contributed by atoms with van der Waals surface area (Å²) >= 11 is 1.88. The molecule has 2 heteroatoms. The Morgan fingerprint density at radius 1 is 0.456 bits per heavy atom. The standard InChI is InChI=1S/C55H34OS/c1-32(34-20-23-43-39-13-4-3-11-37(39)38-12-5-7-15-41(38)48(43)29-34)19-26-50-33(2)47-30-36(22-27-51(47)56-50)35-21-24-45-49(31-35)42-16-8-6-14-40(42)44-25-28-53-55(54(44)45)46-17-9-10-18-52(46)57-53/h3-31H,1H2,2H3/b26-19-. The smallest absolute Gasteiger partial charge is 0.135 e. The third-order valence-corrected chi connectivity index (χ3v) is 13.3. The van der Waals surface area contributed by atoms with Crippen molar-refractivity contribution in [2.24, 2.45) is 0 Å². The Bertz CT molecular complexity index is 3690. The van der Waals surface area contributed by atoms with Crippen LogP contribution in [-0.2, 0) is 0 Å². The van der Waals surface area contributed by atoms with Crippen LogP contribution < -0.4 is 0 Å². The molecule has 0 fully saturated rings. The van der Waals surface area contributed by atoms with Crippen molar-refractivity contribution in [1.29, 1.82) is 0 Å². The summed E-state index contributed by atoms with van der Waals surface area (Å²) in [7, 11) is 0. The molecule has 0 amide bonds. The Hall–Kier alpha value is -7.00. The van der Waals surface area contributed by atoms with Crippen molar-refractivity contribution in [1.82, 2.24) is 0 Å². The van der Waals surface area contributed by atoms with Crippen molar-refractivity contribution in [3.8, 4) is 11.1 Å². The first-order chi connectivity index (χ1) is 28.1. The van der Waals surface area contributed by atoms with Crippen molar-refractivity contribution in [3.63, 3.8) is 0 Å². The van der Waals surface area contributed by atoms with Gasteiger partial charge in [-0.3, -0.25) is 0 Å². The van der Waals surface area contributed by atoms with Gasteiger partial charge in [-0.15, -0.1) is 11.3 Å². The number of furan rings is 1. The molecule has 12 aromatic rings. The summed E-state index contributed by atoms with van der Waals surface area (Å²) < 4.78 is 9.13. The topological polar surface area (TPSA) is 13.1 Å². The van der Waals surface area contributed by atoms with Crippen LogP contribution in [0.25, 0.3) is 119 Å². The Morgan fingerprint density at radius 2 is 0.965 bits per heavy atom. The molecule has 12 rings (SSSR count). The summed E-state index contributed by atoms with van der Waals surface area (Å²) in [6, 6.07) is 60.1. The zero-order valence-electron chi connectivity index (χ0n) is 31.3. The molecule has 0 radical (unpaired) electrons. The summed E-state index contributed by atoms with van der Waals surface area (Å²) in [5.74, 6) is 0.850. The molecule has 2 heterocycles. The van der Waals surface area contributed by atoms with E-state index in [1.165, 1.54) is 95.9 Å². The highest BCUT2D eigenvalue weighted by molar-refractivity contribution is 7.26. The minimum Gasteiger partial charge on any atom is -0.456 e. The Labute approximate surface area is 333 Å². The number of thiophene rings is 1. The van der Waals surface area contributed by atoms with Gasteiger partial charge in [0, 0.05) is 31.1 Å². The zero-order chi connectivity index (χ0) is 37.8. The van der Waals surface area contributed by atoms with Gasteiger partial charge in [0.2, 0.25) is 0 Å². The van der Waals surface area contributed by atoms with Crippen LogP contribution in [0.3, 0.4) is 0 Å². The first kappa shape index (κ1) is 32.3. The van der Waals surface area contributed by atoms with E-state index < -0.39 is 0 Å². The number of allylic oxidation sites excluding steroid dienone is 2. The minimum atomic E-state index is 0.850. The lowest BCUT2D eigenvalue weighted by atomic mass is 9.90. The minimum absolute atomic E-state index is 0.850.